The second kappa shape index (κ2) is 3.45. The summed E-state index contributed by atoms with van der Waals surface area (Å²) < 4.78 is 13.5. The summed E-state index contributed by atoms with van der Waals surface area (Å²) in [6.45, 7) is 0. The van der Waals surface area contributed by atoms with Gasteiger partial charge in [0.25, 0.3) is 5.91 Å². The number of benzene rings is 2. The topological polar surface area (TPSA) is 58.2 Å². The van der Waals surface area contributed by atoms with Crippen LogP contribution >= 0.6 is 0 Å². The molecule has 1 aliphatic heterocycles. The summed E-state index contributed by atoms with van der Waals surface area (Å²) in [6.07, 6.45) is 0. The molecule has 0 aromatic heterocycles. The molecule has 1 saturated heterocycles. The average Bonchev–Trinajstić information content (AvgIpc) is 2.88. The number of fused-ring (bicyclic) bond motifs is 5. The largest absolute Gasteiger partial charge is 0.322 e. The van der Waals surface area contributed by atoms with E-state index < -0.39 is 17.5 Å². The van der Waals surface area contributed by atoms with Crippen LogP contribution in [0.15, 0.2) is 42.5 Å². The number of hydrogen-bond donors (Lipinski definition) is 2. The maximum Gasteiger partial charge on any atom is 0.322 e. The second-order valence-corrected chi connectivity index (χ2v) is 4.89. The summed E-state index contributed by atoms with van der Waals surface area (Å²) in [5.74, 6) is -0.805. The van der Waals surface area contributed by atoms with Crippen molar-refractivity contribution in [2.24, 2.45) is 0 Å². The molecule has 0 saturated carbocycles. The van der Waals surface area contributed by atoms with Crippen molar-refractivity contribution in [1.29, 1.82) is 0 Å². The van der Waals surface area contributed by atoms with Gasteiger partial charge < -0.3 is 5.32 Å². The second-order valence-electron chi connectivity index (χ2n) is 4.89. The third-order valence-electron chi connectivity index (χ3n) is 3.88. The first kappa shape index (κ1) is 11.2. The molecular weight excluding hydrogens is 259 g/mol. The summed E-state index contributed by atoms with van der Waals surface area (Å²) in [5, 5.41) is 4.95. The number of carbonyl (C=O) groups is 2. The van der Waals surface area contributed by atoms with Crippen molar-refractivity contribution in [2.45, 2.75) is 5.54 Å². The monoisotopic (exact) mass is 268 g/mol. The molecule has 1 aliphatic carbocycles. The Morgan fingerprint density at radius 3 is 2.45 bits per heavy atom. The van der Waals surface area contributed by atoms with E-state index in [0.29, 0.717) is 16.7 Å². The first-order chi connectivity index (χ1) is 9.63. The van der Waals surface area contributed by atoms with Crippen LogP contribution in [0, 0.1) is 5.82 Å². The van der Waals surface area contributed by atoms with Crippen LogP contribution < -0.4 is 10.6 Å². The maximum absolute atomic E-state index is 13.5. The van der Waals surface area contributed by atoms with Crippen LogP contribution in [-0.4, -0.2) is 11.9 Å². The van der Waals surface area contributed by atoms with Gasteiger partial charge in [0.1, 0.15) is 5.82 Å². The van der Waals surface area contributed by atoms with Crippen molar-refractivity contribution < 1.29 is 14.0 Å². The van der Waals surface area contributed by atoms with Crippen molar-refractivity contribution in [2.75, 3.05) is 0 Å². The molecule has 5 heteroatoms. The van der Waals surface area contributed by atoms with E-state index in [1.807, 2.05) is 12.1 Å². The number of carbonyl (C=O) groups excluding carboxylic acids is 2. The maximum atomic E-state index is 13.5. The average molecular weight is 268 g/mol. The Balaban J connectivity index is 2.12. The fourth-order valence-electron chi connectivity index (χ4n) is 3.09. The van der Waals surface area contributed by atoms with Crippen LogP contribution in [0.5, 0.6) is 0 Å². The molecule has 0 bridgehead atoms. The normalized spacial score (nSPS) is 22.4. The van der Waals surface area contributed by atoms with E-state index >= 15 is 0 Å². The van der Waals surface area contributed by atoms with Gasteiger partial charge in [0.15, 0.2) is 5.54 Å². The zero-order chi connectivity index (χ0) is 13.9. The van der Waals surface area contributed by atoms with Gasteiger partial charge in [0.05, 0.1) is 0 Å². The number of rotatable bonds is 0. The highest BCUT2D eigenvalue weighted by atomic mass is 19.1. The Morgan fingerprint density at radius 2 is 1.70 bits per heavy atom. The van der Waals surface area contributed by atoms with Gasteiger partial charge in [-0.1, -0.05) is 30.3 Å². The summed E-state index contributed by atoms with van der Waals surface area (Å²) in [5.41, 5.74) is 1.43. The third-order valence-corrected chi connectivity index (χ3v) is 3.88. The molecule has 20 heavy (non-hydrogen) atoms. The van der Waals surface area contributed by atoms with Crippen molar-refractivity contribution in [3.05, 3.63) is 59.4 Å². The lowest BCUT2D eigenvalue weighted by molar-refractivity contribution is -0.122. The Morgan fingerprint density at radius 1 is 0.950 bits per heavy atom. The van der Waals surface area contributed by atoms with Gasteiger partial charge in [-0.15, -0.1) is 0 Å². The highest BCUT2D eigenvalue weighted by molar-refractivity contribution is 6.13. The van der Waals surface area contributed by atoms with E-state index in [1.54, 1.807) is 18.2 Å². The zero-order valence-electron chi connectivity index (χ0n) is 10.2. The van der Waals surface area contributed by atoms with E-state index in [0.717, 1.165) is 5.56 Å². The fraction of sp³-hybridized carbons (Fsp3) is 0.0667. The summed E-state index contributed by atoms with van der Waals surface area (Å²) >= 11 is 0. The van der Waals surface area contributed by atoms with E-state index in [2.05, 4.69) is 10.6 Å². The lowest BCUT2D eigenvalue weighted by Gasteiger charge is -2.22. The Kier molecular flexibility index (Phi) is 1.92. The van der Waals surface area contributed by atoms with Crippen molar-refractivity contribution >= 4 is 11.9 Å². The highest BCUT2D eigenvalue weighted by Crippen LogP contribution is 2.48. The fourth-order valence-corrected chi connectivity index (χ4v) is 3.09. The summed E-state index contributed by atoms with van der Waals surface area (Å²) in [4.78, 5) is 23.9. The SMILES string of the molecule is O=C1NC(=O)C2(N1)c1ccccc1-c1cc(F)ccc12. The van der Waals surface area contributed by atoms with Gasteiger partial charge in [-0.2, -0.15) is 0 Å². The number of urea groups is 1. The van der Waals surface area contributed by atoms with E-state index in [-0.39, 0.29) is 5.82 Å². The first-order valence-electron chi connectivity index (χ1n) is 6.16. The Hall–Kier alpha value is -2.69. The number of imide groups is 1. The van der Waals surface area contributed by atoms with Gasteiger partial charge in [-0.05, 0) is 34.4 Å². The molecule has 3 amide bonds. The van der Waals surface area contributed by atoms with Crippen LogP contribution in [0.1, 0.15) is 11.1 Å². The van der Waals surface area contributed by atoms with Crippen LogP contribution in [0.4, 0.5) is 9.18 Å². The predicted octanol–water partition coefficient (Wildman–Crippen LogP) is 1.89. The molecular formula is C15H9FN2O2. The quantitative estimate of drug-likeness (QED) is 0.717. The van der Waals surface area contributed by atoms with E-state index in [9.17, 15) is 14.0 Å². The highest BCUT2D eigenvalue weighted by Gasteiger charge is 2.54. The minimum absolute atomic E-state index is 0.375. The lowest BCUT2D eigenvalue weighted by atomic mass is 9.88. The molecule has 1 atom stereocenters. The van der Waals surface area contributed by atoms with Gasteiger partial charge in [-0.3, -0.25) is 10.1 Å². The predicted molar refractivity (Wildman–Crippen MR) is 69.3 cm³/mol. The van der Waals surface area contributed by atoms with Crippen LogP contribution in [-0.2, 0) is 10.3 Å². The summed E-state index contributed by atoms with van der Waals surface area (Å²) in [7, 11) is 0. The van der Waals surface area contributed by atoms with Crippen molar-refractivity contribution in [1.82, 2.24) is 10.6 Å². The van der Waals surface area contributed by atoms with Crippen LogP contribution in [0.2, 0.25) is 0 Å². The van der Waals surface area contributed by atoms with E-state index in [1.165, 1.54) is 12.1 Å². The van der Waals surface area contributed by atoms with Crippen molar-refractivity contribution in [3.63, 3.8) is 0 Å². The number of nitrogens with one attached hydrogen (secondary N) is 2. The van der Waals surface area contributed by atoms with Gasteiger partial charge in [0.2, 0.25) is 0 Å². The molecule has 2 aromatic rings. The molecule has 1 heterocycles. The Bertz CT molecular complexity index is 787. The van der Waals surface area contributed by atoms with Gasteiger partial charge >= 0.3 is 6.03 Å². The van der Waals surface area contributed by atoms with Crippen LogP contribution in [0.25, 0.3) is 11.1 Å². The van der Waals surface area contributed by atoms with Gasteiger partial charge in [0, 0.05) is 0 Å². The molecule has 98 valence electrons. The molecule has 4 nitrogen and oxygen atoms in total. The number of hydrogen-bond acceptors (Lipinski definition) is 2. The molecule has 1 fully saturated rings. The molecule has 4 rings (SSSR count). The molecule has 1 spiro atoms. The van der Waals surface area contributed by atoms with Crippen LogP contribution in [0.3, 0.4) is 0 Å². The molecule has 0 radical (unpaired) electrons. The number of halogens is 1. The molecule has 1 unspecified atom stereocenters. The third kappa shape index (κ3) is 1.15. The smallest absolute Gasteiger partial charge is 0.316 e. The summed E-state index contributed by atoms with van der Waals surface area (Å²) in [6, 6.07) is 10.9. The minimum Gasteiger partial charge on any atom is -0.316 e. The molecule has 2 aromatic carbocycles. The van der Waals surface area contributed by atoms with Crippen molar-refractivity contribution in [3.8, 4) is 11.1 Å². The minimum atomic E-state index is -1.24. The lowest BCUT2D eigenvalue weighted by Crippen LogP contribution is -2.43. The zero-order valence-corrected chi connectivity index (χ0v) is 10.2. The standard InChI is InChI=1S/C15H9FN2O2/c16-8-5-6-12-10(7-8)9-3-1-2-4-11(9)15(12)13(19)17-14(20)18-15/h1-7H,(H2,17,18,19,20). The first-order valence-corrected chi connectivity index (χ1v) is 6.16. The molecule has 2 N–H and O–H groups in total. The Labute approximate surface area is 113 Å². The van der Waals surface area contributed by atoms with E-state index in [4.69, 9.17) is 0 Å². The van der Waals surface area contributed by atoms with Gasteiger partial charge in [-0.25, -0.2) is 9.18 Å². The number of amides is 3. The molecule has 2 aliphatic rings.